The first-order valence-electron chi connectivity index (χ1n) is 7.38. The number of rotatable bonds is 3. The highest BCUT2D eigenvalue weighted by molar-refractivity contribution is 7.89. The molecule has 0 saturated heterocycles. The van der Waals surface area contributed by atoms with Crippen molar-refractivity contribution in [1.29, 1.82) is 0 Å². The summed E-state index contributed by atoms with van der Waals surface area (Å²) in [5.74, 6) is -1.60. The van der Waals surface area contributed by atoms with Crippen molar-refractivity contribution in [3.8, 4) is 0 Å². The number of benzene rings is 2. The van der Waals surface area contributed by atoms with Crippen LogP contribution in [0.1, 0.15) is 21.5 Å². The lowest BCUT2D eigenvalue weighted by Crippen LogP contribution is -2.36. The largest absolute Gasteiger partial charge is 0.465 e. The van der Waals surface area contributed by atoms with Crippen LogP contribution >= 0.6 is 0 Å². The van der Waals surface area contributed by atoms with Crippen molar-refractivity contribution >= 4 is 16.0 Å². The molecular weight excluding hydrogens is 333 g/mol. The number of ether oxygens (including phenoxy) is 1. The molecule has 1 heterocycles. The predicted molar refractivity (Wildman–Crippen MR) is 85.5 cm³/mol. The van der Waals surface area contributed by atoms with E-state index in [0.29, 0.717) is 6.42 Å². The van der Waals surface area contributed by atoms with Crippen LogP contribution in [-0.2, 0) is 27.7 Å². The maximum atomic E-state index is 14.1. The number of halogens is 1. The number of esters is 1. The maximum absolute atomic E-state index is 14.1. The molecule has 2 aromatic carbocycles. The van der Waals surface area contributed by atoms with Gasteiger partial charge in [-0.2, -0.15) is 4.31 Å². The molecule has 0 spiro atoms. The van der Waals surface area contributed by atoms with E-state index in [1.54, 1.807) is 0 Å². The SMILES string of the molecule is COC(=O)c1ccc(F)c(S(=O)(=O)N2CCc3ccccc3C2)c1. The number of sulfonamides is 1. The molecular formula is C17H16FNO4S. The minimum absolute atomic E-state index is 0.00474. The summed E-state index contributed by atoms with van der Waals surface area (Å²) in [5.41, 5.74) is 1.99. The molecule has 0 atom stereocenters. The lowest BCUT2D eigenvalue weighted by Gasteiger charge is -2.28. The third-order valence-electron chi connectivity index (χ3n) is 4.07. The molecule has 0 unspecified atom stereocenters. The van der Waals surface area contributed by atoms with Crippen molar-refractivity contribution in [2.45, 2.75) is 17.9 Å². The van der Waals surface area contributed by atoms with E-state index in [1.165, 1.54) is 17.5 Å². The number of hydrogen-bond donors (Lipinski definition) is 0. The summed E-state index contributed by atoms with van der Waals surface area (Å²) in [6, 6.07) is 10.8. The monoisotopic (exact) mass is 349 g/mol. The molecule has 7 heteroatoms. The minimum atomic E-state index is -4.05. The molecule has 0 amide bonds. The molecule has 5 nitrogen and oxygen atoms in total. The van der Waals surface area contributed by atoms with Crippen molar-refractivity contribution in [3.05, 3.63) is 65.0 Å². The molecule has 1 aliphatic rings. The van der Waals surface area contributed by atoms with E-state index in [1.807, 2.05) is 24.3 Å². The Kier molecular flexibility index (Phi) is 4.38. The summed E-state index contributed by atoms with van der Waals surface area (Å²) in [6.45, 7) is 0.446. The van der Waals surface area contributed by atoms with Gasteiger partial charge in [-0.05, 0) is 35.7 Å². The average molecular weight is 349 g/mol. The van der Waals surface area contributed by atoms with Crippen molar-refractivity contribution in [2.24, 2.45) is 0 Å². The fraction of sp³-hybridized carbons (Fsp3) is 0.235. The molecule has 3 rings (SSSR count). The Labute approximate surface area is 139 Å². The van der Waals surface area contributed by atoms with Gasteiger partial charge in [-0.1, -0.05) is 24.3 Å². The Balaban J connectivity index is 1.98. The van der Waals surface area contributed by atoms with Gasteiger partial charge in [0, 0.05) is 13.1 Å². The number of fused-ring (bicyclic) bond motifs is 1. The highest BCUT2D eigenvalue weighted by Crippen LogP contribution is 2.27. The van der Waals surface area contributed by atoms with Crippen LogP contribution in [0.2, 0.25) is 0 Å². The molecule has 126 valence electrons. The molecule has 0 aliphatic carbocycles. The molecule has 1 aliphatic heterocycles. The fourth-order valence-electron chi connectivity index (χ4n) is 2.76. The van der Waals surface area contributed by atoms with Gasteiger partial charge in [-0.25, -0.2) is 17.6 Å². The zero-order valence-electron chi connectivity index (χ0n) is 13.0. The van der Waals surface area contributed by atoms with E-state index in [0.717, 1.165) is 23.3 Å². The first-order chi connectivity index (χ1) is 11.4. The second-order valence-corrected chi connectivity index (χ2v) is 7.40. The predicted octanol–water partition coefficient (Wildman–Crippen LogP) is 2.36. The Morgan fingerprint density at radius 1 is 1.17 bits per heavy atom. The Bertz CT molecular complexity index is 895. The zero-order chi connectivity index (χ0) is 17.3. The third kappa shape index (κ3) is 2.92. The molecule has 0 radical (unpaired) electrons. The normalized spacial score (nSPS) is 14.9. The van der Waals surface area contributed by atoms with Crippen molar-refractivity contribution < 1.29 is 22.3 Å². The third-order valence-corrected chi connectivity index (χ3v) is 5.93. The number of nitrogens with zero attached hydrogens (tertiary/aromatic N) is 1. The Hall–Kier alpha value is -2.25. The van der Waals surface area contributed by atoms with Gasteiger partial charge in [0.2, 0.25) is 10.0 Å². The van der Waals surface area contributed by atoms with E-state index in [4.69, 9.17) is 0 Å². The summed E-state index contributed by atoms with van der Waals surface area (Å²) in [4.78, 5) is 11.1. The first-order valence-corrected chi connectivity index (χ1v) is 8.82. The number of carbonyl (C=O) groups is 1. The molecule has 0 N–H and O–H groups in total. The fourth-order valence-corrected chi connectivity index (χ4v) is 4.27. The van der Waals surface area contributed by atoms with Gasteiger partial charge in [0.25, 0.3) is 0 Å². The lowest BCUT2D eigenvalue weighted by atomic mass is 10.0. The quantitative estimate of drug-likeness (QED) is 0.798. The van der Waals surface area contributed by atoms with Crippen molar-refractivity contribution in [1.82, 2.24) is 4.31 Å². The smallest absolute Gasteiger partial charge is 0.337 e. The van der Waals surface area contributed by atoms with Crippen LogP contribution in [0.15, 0.2) is 47.4 Å². The van der Waals surface area contributed by atoms with Crippen LogP contribution in [-0.4, -0.2) is 32.3 Å². The summed E-state index contributed by atoms with van der Waals surface area (Å²) in [6.07, 6.45) is 0.563. The van der Waals surface area contributed by atoms with Gasteiger partial charge < -0.3 is 4.74 Å². The van der Waals surface area contributed by atoms with Crippen LogP contribution in [0, 0.1) is 5.82 Å². The minimum Gasteiger partial charge on any atom is -0.465 e. The van der Waals surface area contributed by atoms with Gasteiger partial charge >= 0.3 is 5.97 Å². The molecule has 0 saturated carbocycles. The summed E-state index contributed by atoms with van der Waals surface area (Å²) >= 11 is 0. The zero-order valence-corrected chi connectivity index (χ0v) is 13.8. The summed E-state index contributed by atoms with van der Waals surface area (Å²) in [5, 5.41) is 0. The van der Waals surface area contributed by atoms with E-state index in [-0.39, 0.29) is 18.7 Å². The maximum Gasteiger partial charge on any atom is 0.337 e. The molecule has 0 bridgehead atoms. The van der Waals surface area contributed by atoms with Gasteiger partial charge in [-0.15, -0.1) is 0 Å². The number of carbonyl (C=O) groups excluding carboxylic acids is 1. The second kappa shape index (κ2) is 6.33. The average Bonchev–Trinajstić information content (AvgIpc) is 2.60. The highest BCUT2D eigenvalue weighted by atomic mass is 32.2. The first kappa shape index (κ1) is 16.6. The van der Waals surface area contributed by atoms with Gasteiger partial charge in [0.15, 0.2) is 0 Å². The van der Waals surface area contributed by atoms with Gasteiger partial charge in [0.05, 0.1) is 12.7 Å². The van der Waals surface area contributed by atoms with Gasteiger partial charge in [-0.3, -0.25) is 0 Å². The van der Waals surface area contributed by atoms with Crippen LogP contribution in [0.5, 0.6) is 0 Å². The standard InChI is InChI=1S/C17H16FNO4S/c1-23-17(20)13-6-7-15(18)16(10-13)24(21,22)19-9-8-12-4-2-3-5-14(12)11-19/h2-7,10H,8-9,11H2,1H3. The van der Waals surface area contributed by atoms with E-state index in [9.17, 15) is 17.6 Å². The number of methoxy groups -OCH3 is 1. The van der Waals surface area contributed by atoms with E-state index >= 15 is 0 Å². The lowest BCUT2D eigenvalue weighted by molar-refractivity contribution is 0.0600. The van der Waals surface area contributed by atoms with Crippen LogP contribution in [0.25, 0.3) is 0 Å². The van der Waals surface area contributed by atoms with Gasteiger partial charge in [0.1, 0.15) is 10.7 Å². The number of hydrogen-bond acceptors (Lipinski definition) is 4. The topological polar surface area (TPSA) is 63.7 Å². The molecule has 2 aromatic rings. The van der Waals surface area contributed by atoms with E-state index < -0.39 is 26.7 Å². The Morgan fingerprint density at radius 3 is 2.58 bits per heavy atom. The van der Waals surface area contributed by atoms with Crippen molar-refractivity contribution in [3.63, 3.8) is 0 Å². The summed E-state index contributed by atoms with van der Waals surface area (Å²) in [7, 11) is -2.87. The molecule has 24 heavy (non-hydrogen) atoms. The van der Waals surface area contributed by atoms with E-state index in [2.05, 4.69) is 4.74 Å². The molecule has 0 aromatic heterocycles. The highest BCUT2D eigenvalue weighted by Gasteiger charge is 2.31. The van der Waals surface area contributed by atoms with Crippen molar-refractivity contribution in [2.75, 3.05) is 13.7 Å². The second-order valence-electron chi connectivity index (χ2n) is 5.49. The Morgan fingerprint density at radius 2 is 1.88 bits per heavy atom. The van der Waals surface area contributed by atoms with Crippen LogP contribution in [0.3, 0.4) is 0 Å². The van der Waals surface area contributed by atoms with Crippen LogP contribution < -0.4 is 0 Å². The summed E-state index contributed by atoms with van der Waals surface area (Å²) < 4.78 is 45.6. The van der Waals surface area contributed by atoms with Crippen LogP contribution in [0.4, 0.5) is 4.39 Å². The molecule has 0 fully saturated rings.